The van der Waals surface area contributed by atoms with Crippen LogP contribution >= 0.6 is 0 Å². The SMILES string of the molecule is COc1ccc(C2=C[C@H]3C[C@@H]2CN3C(=O)Cc2c(C)c3c(F)c(F)ccc3[nH]c2=O)cc1. The van der Waals surface area contributed by atoms with Gasteiger partial charge in [-0.3, -0.25) is 9.59 Å². The Hall–Kier alpha value is -3.48. The van der Waals surface area contributed by atoms with E-state index in [1.165, 1.54) is 11.6 Å². The average Bonchev–Trinajstić information content (AvgIpc) is 3.40. The molecule has 1 aromatic heterocycles. The van der Waals surface area contributed by atoms with Gasteiger partial charge in [-0.2, -0.15) is 0 Å². The highest BCUT2D eigenvalue weighted by Crippen LogP contribution is 2.42. The van der Waals surface area contributed by atoms with E-state index < -0.39 is 17.2 Å². The molecule has 2 atom stereocenters. The molecule has 3 aromatic rings. The van der Waals surface area contributed by atoms with Gasteiger partial charge in [-0.1, -0.05) is 18.2 Å². The number of H-pyrrole nitrogens is 1. The quantitative estimate of drug-likeness (QED) is 0.673. The van der Waals surface area contributed by atoms with Crippen molar-refractivity contribution in [3.63, 3.8) is 0 Å². The molecule has 32 heavy (non-hydrogen) atoms. The van der Waals surface area contributed by atoms with Gasteiger partial charge in [-0.15, -0.1) is 0 Å². The van der Waals surface area contributed by atoms with Crippen molar-refractivity contribution in [2.24, 2.45) is 5.92 Å². The molecule has 0 radical (unpaired) electrons. The number of aryl methyl sites for hydroxylation is 1. The van der Waals surface area contributed by atoms with Crippen LogP contribution in [0.1, 0.15) is 23.1 Å². The van der Waals surface area contributed by atoms with E-state index in [0.29, 0.717) is 12.1 Å². The van der Waals surface area contributed by atoms with Crippen molar-refractivity contribution >= 4 is 22.4 Å². The molecule has 5 rings (SSSR count). The van der Waals surface area contributed by atoms with Gasteiger partial charge in [0.25, 0.3) is 5.56 Å². The number of rotatable bonds is 4. The molecule has 1 N–H and O–H groups in total. The van der Waals surface area contributed by atoms with Crippen molar-refractivity contribution in [1.82, 2.24) is 9.88 Å². The van der Waals surface area contributed by atoms with E-state index in [4.69, 9.17) is 4.74 Å². The number of carbonyl (C=O) groups excluding carboxylic acids is 1. The number of aromatic nitrogens is 1. The van der Waals surface area contributed by atoms with Crippen molar-refractivity contribution in [2.75, 3.05) is 13.7 Å². The molecule has 2 heterocycles. The Labute approximate surface area is 183 Å². The van der Waals surface area contributed by atoms with Gasteiger partial charge in [0.2, 0.25) is 5.91 Å². The van der Waals surface area contributed by atoms with Crippen LogP contribution in [0.3, 0.4) is 0 Å². The second-order valence-corrected chi connectivity index (χ2v) is 8.41. The number of carbonyl (C=O) groups is 1. The van der Waals surface area contributed by atoms with E-state index in [1.807, 2.05) is 24.3 Å². The second kappa shape index (κ2) is 7.58. The average molecular weight is 436 g/mol. The first kappa shape index (κ1) is 20.4. The first-order valence-corrected chi connectivity index (χ1v) is 10.5. The van der Waals surface area contributed by atoms with Crippen LogP contribution in [-0.4, -0.2) is 35.5 Å². The van der Waals surface area contributed by atoms with Gasteiger partial charge in [0.05, 0.1) is 25.1 Å². The van der Waals surface area contributed by atoms with Crippen LogP contribution in [0, 0.1) is 24.5 Å². The smallest absolute Gasteiger partial charge is 0.252 e. The molecule has 1 amide bonds. The normalized spacial score (nSPS) is 19.5. The predicted molar refractivity (Wildman–Crippen MR) is 118 cm³/mol. The lowest BCUT2D eigenvalue weighted by Crippen LogP contribution is -2.38. The minimum Gasteiger partial charge on any atom is -0.497 e. The number of nitrogens with zero attached hydrogens (tertiary/aromatic N) is 1. The number of nitrogens with one attached hydrogen (secondary N) is 1. The third-order valence-corrected chi connectivity index (χ3v) is 6.67. The summed E-state index contributed by atoms with van der Waals surface area (Å²) in [4.78, 5) is 30.0. The lowest BCUT2D eigenvalue weighted by atomic mass is 9.95. The Kier molecular flexibility index (Phi) is 4.84. The first-order valence-electron chi connectivity index (χ1n) is 10.5. The molecule has 0 spiro atoms. The monoisotopic (exact) mass is 436 g/mol. The van der Waals surface area contributed by atoms with Gasteiger partial charge in [-0.25, -0.2) is 8.78 Å². The summed E-state index contributed by atoms with van der Waals surface area (Å²) in [5, 5.41) is 0.0111. The zero-order valence-corrected chi connectivity index (χ0v) is 17.7. The Morgan fingerprint density at radius 3 is 2.59 bits per heavy atom. The van der Waals surface area contributed by atoms with Crippen molar-refractivity contribution in [3.05, 3.63) is 81.2 Å². The third-order valence-electron chi connectivity index (χ3n) is 6.67. The van der Waals surface area contributed by atoms with Crippen LogP contribution in [0.5, 0.6) is 5.75 Å². The summed E-state index contributed by atoms with van der Waals surface area (Å²) in [6.07, 6.45) is 2.81. The van der Waals surface area contributed by atoms with Gasteiger partial charge in [0.15, 0.2) is 11.6 Å². The fourth-order valence-corrected chi connectivity index (χ4v) is 5.00. The number of methoxy groups -OCH3 is 1. The summed E-state index contributed by atoms with van der Waals surface area (Å²) in [5.41, 5.74) is 2.58. The summed E-state index contributed by atoms with van der Waals surface area (Å²) >= 11 is 0. The van der Waals surface area contributed by atoms with Crippen LogP contribution in [0.2, 0.25) is 0 Å². The number of pyridine rings is 1. The number of halogens is 2. The van der Waals surface area contributed by atoms with Gasteiger partial charge >= 0.3 is 0 Å². The topological polar surface area (TPSA) is 62.4 Å². The minimum absolute atomic E-state index is 0.0111. The maximum Gasteiger partial charge on any atom is 0.252 e. The van der Waals surface area contributed by atoms with Crippen LogP contribution in [0.15, 0.2) is 47.3 Å². The molecule has 0 saturated carbocycles. The fraction of sp³-hybridized carbons (Fsp3) is 0.280. The highest BCUT2D eigenvalue weighted by molar-refractivity contribution is 5.87. The fourth-order valence-electron chi connectivity index (χ4n) is 5.00. The Bertz CT molecular complexity index is 1330. The van der Waals surface area contributed by atoms with Gasteiger partial charge in [0.1, 0.15) is 5.75 Å². The molecule has 7 heteroatoms. The lowest BCUT2D eigenvalue weighted by Gasteiger charge is -2.27. The Morgan fingerprint density at radius 1 is 1.19 bits per heavy atom. The summed E-state index contributed by atoms with van der Waals surface area (Å²) in [5.74, 6) is -1.16. The number of ether oxygens (including phenoxy) is 1. The van der Waals surface area contributed by atoms with Gasteiger partial charge in [0, 0.05) is 23.4 Å². The number of benzene rings is 2. The number of likely N-dealkylation sites (tertiary alicyclic amines) is 1. The number of amides is 1. The molecule has 1 fully saturated rings. The molecular formula is C25H22F2N2O3. The maximum absolute atomic E-state index is 14.4. The van der Waals surface area contributed by atoms with Crippen molar-refractivity contribution in [2.45, 2.75) is 25.8 Å². The van der Waals surface area contributed by atoms with Gasteiger partial charge in [-0.05, 0) is 54.3 Å². The molecule has 5 nitrogen and oxygen atoms in total. The molecule has 1 aliphatic heterocycles. The third kappa shape index (κ3) is 3.20. The number of hydrogen-bond donors (Lipinski definition) is 1. The number of hydrogen-bond acceptors (Lipinski definition) is 3. The number of fused-ring (bicyclic) bond motifs is 3. The largest absolute Gasteiger partial charge is 0.497 e. The van der Waals surface area contributed by atoms with Crippen molar-refractivity contribution < 1.29 is 18.3 Å². The van der Waals surface area contributed by atoms with E-state index in [1.54, 1.807) is 18.9 Å². The summed E-state index contributed by atoms with van der Waals surface area (Å²) < 4.78 is 33.3. The standard InChI is InChI=1S/C25H22F2N2O3/c1-13-18(25(31)28-21-8-7-20(26)24(27)23(13)21)11-22(30)29-12-15-9-16(29)10-19(15)14-3-5-17(32-2)6-4-14/h3-8,10,15-16H,9,11-12H2,1-2H3,(H,28,31)/t15-,16-/m1/s1. The summed E-state index contributed by atoms with van der Waals surface area (Å²) in [6.45, 7) is 2.13. The Balaban J connectivity index is 1.40. The molecule has 1 saturated heterocycles. The highest BCUT2D eigenvalue weighted by Gasteiger charge is 2.41. The van der Waals surface area contributed by atoms with E-state index in [9.17, 15) is 18.4 Å². The van der Waals surface area contributed by atoms with Crippen LogP contribution in [0.4, 0.5) is 8.78 Å². The zero-order chi connectivity index (χ0) is 22.6. The molecule has 2 aromatic carbocycles. The zero-order valence-electron chi connectivity index (χ0n) is 17.7. The number of aromatic amines is 1. The first-order chi connectivity index (χ1) is 15.4. The molecular weight excluding hydrogens is 414 g/mol. The molecule has 164 valence electrons. The van der Waals surface area contributed by atoms with Crippen LogP contribution in [0.25, 0.3) is 16.5 Å². The molecule has 2 aliphatic rings. The molecule has 2 bridgehead atoms. The van der Waals surface area contributed by atoms with E-state index in [2.05, 4.69) is 11.1 Å². The van der Waals surface area contributed by atoms with Crippen LogP contribution in [-0.2, 0) is 11.2 Å². The maximum atomic E-state index is 14.4. The Morgan fingerprint density at radius 2 is 1.94 bits per heavy atom. The van der Waals surface area contributed by atoms with Gasteiger partial charge < -0.3 is 14.6 Å². The molecule has 1 aliphatic carbocycles. The second-order valence-electron chi connectivity index (χ2n) is 8.41. The van der Waals surface area contributed by atoms with Crippen molar-refractivity contribution in [1.29, 1.82) is 0 Å². The van der Waals surface area contributed by atoms with E-state index >= 15 is 0 Å². The minimum atomic E-state index is -1.02. The highest BCUT2D eigenvalue weighted by atomic mass is 19.2. The van der Waals surface area contributed by atoms with E-state index in [0.717, 1.165) is 23.8 Å². The summed E-state index contributed by atoms with van der Waals surface area (Å²) in [6, 6.07) is 10.2. The lowest BCUT2D eigenvalue weighted by molar-refractivity contribution is -0.130. The summed E-state index contributed by atoms with van der Waals surface area (Å²) in [7, 11) is 1.63. The van der Waals surface area contributed by atoms with E-state index in [-0.39, 0.29) is 40.8 Å². The molecule has 0 unspecified atom stereocenters. The predicted octanol–water partition coefficient (Wildman–Crippen LogP) is 3.98. The van der Waals surface area contributed by atoms with Crippen molar-refractivity contribution in [3.8, 4) is 5.75 Å². The van der Waals surface area contributed by atoms with Crippen LogP contribution < -0.4 is 10.3 Å².